The van der Waals surface area contributed by atoms with Crippen molar-refractivity contribution in [2.45, 2.75) is 38.3 Å². The number of ether oxygens (including phenoxy) is 1. The Hall–Kier alpha value is -3.12. The zero-order valence-corrected chi connectivity index (χ0v) is 19.5. The molecule has 3 heterocycles. The Labute approximate surface area is 201 Å². The Bertz CT molecular complexity index is 1280. The lowest BCUT2D eigenvalue weighted by atomic mass is 10.0. The molecule has 178 valence electrons. The molecule has 0 unspecified atom stereocenters. The molecule has 1 N–H and O–H groups in total. The van der Waals surface area contributed by atoms with Gasteiger partial charge in [-0.2, -0.15) is 5.10 Å². The van der Waals surface area contributed by atoms with Gasteiger partial charge in [0.05, 0.1) is 13.7 Å². The smallest absolute Gasteiger partial charge is 0.291 e. The second kappa shape index (κ2) is 8.91. The van der Waals surface area contributed by atoms with Crippen molar-refractivity contribution in [3.63, 3.8) is 0 Å². The van der Waals surface area contributed by atoms with Crippen molar-refractivity contribution in [3.05, 3.63) is 50.7 Å². The highest BCUT2D eigenvalue weighted by molar-refractivity contribution is 7.15. The van der Waals surface area contributed by atoms with Gasteiger partial charge in [-0.1, -0.05) is 29.0 Å². The van der Waals surface area contributed by atoms with E-state index in [-0.39, 0.29) is 22.7 Å². The SMILES string of the molecule is COc1ccc(CN2CCn3nc(C(=O)Nc4nnc(C(F)F)s4)c(C4CC4)c3C2=O)c(Cl)c1. The predicted molar refractivity (Wildman–Crippen MR) is 120 cm³/mol. The second-order valence-electron chi connectivity index (χ2n) is 7.99. The number of halogens is 3. The van der Waals surface area contributed by atoms with E-state index in [1.165, 1.54) is 0 Å². The molecule has 2 amide bonds. The molecule has 13 heteroatoms. The number of amides is 2. The van der Waals surface area contributed by atoms with Crippen LogP contribution < -0.4 is 10.1 Å². The van der Waals surface area contributed by atoms with Crippen LogP contribution in [0.5, 0.6) is 5.75 Å². The highest BCUT2D eigenvalue weighted by atomic mass is 35.5. The summed E-state index contributed by atoms with van der Waals surface area (Å²) in [5, 5.41) is 13.8. The number of carbonyl (C=O) groups excluding carboxylic acids is 2. The molecule has 0 atom stereocenters. The average Bonchev–Trinajstić information content (AvgIpc) is 3.40. The first-order chi connectivity index (χ1) is 16.4. The number of benzene rings is 1. The maximum absolute atomic E-state index is 13.4. The lowest BCUT2D eigenvalue weighted by molar-refractivity contribution is 0.0681. The zero-order chi connectivity index (χ0) is 24.0. The van der Waals surface area contributed by atoms with Crippen LogP contribution in [0.1, 0.15) is 62.3 Å². The van der Waals surface area contributed by atoms with Crippen molar-refractivity contribution in [1.82, 2.24) is 24.9 Å². The molecule has 2 aromatic heterocycles. The van der Waals surface area contributed by atoms with Gasteiger partial charge < -0.3 is 9.64 Å². The quantitative estimate of drug-likeness (QED) is 0.515. The number of nitrogens with one attached hydrogen (secondary N) is 1. The summed E-state index contributed by atoms with van der Waals surface area (Å²) in [6, 6.07) is 5.29. The number of aromatic nitrogens is 4. The van der Waals surface area contributed by atoms with E-state index in [1.54, 1.807) is 28.8 Å². The van der Waals surface area contributed by atoms with Gasteiger partial charge in [0.1, 0.15) is 11.4 Å². The third-order valence-electron chi connectivity index (χ3n) is 5.73. The monoisotopic (exact) mass is 508 g/mol. The maximum Gasteiger partial charge on any atom is 0.291 e. The van der Waals surface area contributed by atoms with E-state index in [4.69, 9.17) is 16.3 Å². The minimum absolute atomic E-state index is 0.0454. The Balaban J connectivity index is 1.41. The molecule has 1 aromatic carbocycles. The van der Waals surface area contributed by atoms with Crippen molar-refractivity contribution < 1.29 is 23.1 Å². The van der Waals surface area contributed by atoms with Crippen LogP contribution in [0, 0.1) is 0 Å². The second-order valence-corrected chi connectivity index (χ2v) is 9.41. The molecule has 5 rings (SSSR count). The summed E-state index contributed by atoms with van der Waals surface area (Å²) < 4.78 is 32.3. The molecule has 2 aliphatic rings. The number of anilines is 1. The van der Waals surface area contributed by atoms with Crippen molar-refractivity contribution in [2.24, 2.45) is 0 Å². The molecule has 9 nitrogen and oxygen atoms in total. The fraction of sp³-hybridized carbons (Fsp3) is 0.381. The van der Waals surface area contributed by atoms with Crippen LogP contribution in [-0.4, -0.2) is 50.3 Å². The molecule has 1 aliphatic heterocycles. The molecule has 0 saturated heterocycles. The average molecular weight is 509 g/mol. The van der Waals surface area contributed by atoms with Gasteiger partial charge >= 0.3 is 0 Å². The van der Waals surface area contributed by atoms with E-state index >= 15 is 0 Å². The summed E-state index contributed by atoms with van der Waals surface area (Å²) in [7, 11) is 1.55. The van der Waals surface area contributed by atoms with Crippen LogP contribution in [0.3, 0.4) is 0 Å². The molecule has 1 saturated carbocycles. The molecule has 1 aliphatic carbocycles. The topological polar surface area (TPSA) is 102 Å². The lowest BCUT2D eigenvalue weighted by Crippen LogP contribution is -2.40. The molecule has 3 aromatic rings. The maximum atomic E-state index is 13.4. The molecule has 1 fully saturated rings. The van der Waals surface area contributed by atoms with Crippen LogP contribution in [0.15, 0.2) is 18.2 Å². The Morgan fingerprint density at radius 1 is 1.32 bits per heavy atom. The number of rotatable bonds is 7. The van der Waals surface area contributed by atoms with Crippen LogP contribution in [-0.2, 0) is 13.1 Å². The molecular formula is C21H19ClF2N6O3S. The third-order valence-corrected chi connectivity index (χ3v) is 6.93. The Morgan fingerprint density at radius 2 is 2.12 bits per heavy atom. The van der Waals surface area contributed by atoms with Crippen LogP contribution in [0.25, 0.3) is 0 Å². The number of hydrogen-bond donors (Lipinski definition) is 1. The van der Waals surface area contributed by atoms with Gasteiger partial charge in [-0.3, -0.25) is 19.6 Å². The number of nitrogens with zero attached hydrogens (tertiary/aromatic N) is 5. The number of hydrogen-bond acceptors (Lipinski definition) is 7. The van der Waals surface area contributed by atoms with E-state index in [1.807, 2.05) is 6.07 Å². The first-order valence-corrected chi connectivity index (χ1v) is 11.7. The van der Waals surface area contributed by atoms with Crippen LogP contribution >= 0.6 is 22.9 Å². The summed E-state index contributed by atoms with van der Waals surface area (Å²) in [4.78, 5) is 28.1. The van der Waals surface area contributed by atoms with Gasteiger partial charge in [0, 0.05) is 23.7 Å². The van der Waals surface area contributed by atoms with E-state index < -0.39 is 17.3 Å². The van der Waals surface area contributed by atoms with Gasteiger partial charge in [0.2, 0.25) is 5.13 Å². The summed E-state index contributed by atoms with van der Waals surface area (Å²) in [5.41, 5.74) is 1.87. The molecule has 0 spiro atoms. The summed E-state index contributed by atoms with van der Waals surface area (Å²) in [6.07, 6.45) is -1.09. The highest BCUT2D eigenvalue weighted by Gasteiger charge is 2.40. The van der Waals surface area contributed by atoms with Crippen LogP contribution in [0.2, 0.25) is 5.02 Å². The number of methoxy groups -OCH3 is 1. The number of carbonyl (C=O) groups is 2. The van der Waals surface area contributed by atoms with E-state index in [0.29, 0.717) is 53.0 Å². The van der Waals surface area contributed by atoms with E-state index in [2.05, 4.69) is 20.6 Å². The molecule has 0 radical (unpaired) electrons. The molecule has 34 heavy (non-hydrogen) atoms. The highest BCUT2D eigenvalue weighted by Crippen LogP contribution is 2.44. The molecule has 0 bridgehead atoms. The minimum atomic E-state index is -2.77. The van der Waals surface area contributed by atoms with Crippen molar-refractivity contribution in [2.75, 3.05) is 19.0 Å². The minimum Gasteiger partial charge on any atom is -0.497 e. The zero-order valence-electron chi connectivity index (χ0n) is 17.9. The Morgan fingerprint density at radius 3 is 2.76 bits per heavy atom. The van der Waals surface area contributed by atoms with E-state index in [9.17, 15) is 18.4 Å². The van der Waals surface area contributed by atoms with Gasteiger partial charge in [0.15, 0.2) is 10.7 Å². The van der Waals surface area contributed by atoms with E-state index in [0.717, 1.165) is 18.4 Å². The fourth-order valence-corrected chi connectivity index (χ4v) is 4.75. The standard InChI is InChI=1S/C21H19ClF2N6O3S/c1-33-12-5-4-11(13(22)8-12)9-29-6-7-30-16(20(29)32)14(10-2-3-10)15(28-30)18(31)25-21-27-26-19(34-21)17(23)24/h4-5,8,10,17H,2-3,6-7,9H2,1H3,(H,25,27,31). The number of fused-ring (bicyclic) bond motifs is 1. The normalized spacial score (nSPS) is 15.6. The summed E-state index contributed by atoms with van der Waals surface area (Å²) in [6.45, 7) is 1.12. The number of alkyl halides is 2. The first kappa shape index (κ1) is 22.7. The first-order valence-electron chi connectivity index (χ1n) is 10.5. The lowest BCUT2D eigenvalue weighted by Gasteiger charge is -2.28. The summed E-state index contributed by atoms with van der Waals surface area (Å²) in [5.74, 6) is -0.163. The third kappa shape index (κ3) is 4.23. The van der Waals surface area contributed by atoms with Crippen LogP contribution in [0.4, 0.5) is 13.9 Å². The molecular weight excluding hydrogens is 490 g/mol. The fourth-order valence-electron chi connectivity index (χ4n) is 3.93. The van der Waals surface area contributed by atoms with Gasteiger partial charge in [-0.15, -0.1) is 10.2 Å². The Kier molecular flexibility index (Phi) is 5.94. The van der Waals surface area contributed by atoms with Gasteiger partial charge in [-0.05, 0) is 36.5 Å². The van der Waals surface area contributed by atoms with Crippen molar-refractivity contribution in [3.8, 4) is 5.75 Å². The van der Waals surface area contributed by atoms with Crippen molar-refractivity contribution in [1.29, 1.82) is 0 Å². The van der Waals surface area contributed by atoms with Gasteiger partial charge in [0.25, 0.3) is 18.2 Å². The largest absolute Gasteiger partial charge is 0.497 e. The predicted octanol–water partition coefficient (Wildman–Crippen LogP) is 4.12. The van der Waals surface area contributed by atoms with Gasteiger partial charge in [-0.25, -0.2) is 8.78 Å². The van der Waals surface area contributed by atoms with Crippen molar-refractivity contribution >= 4 is 39.9 Å². The summed E-state index contributed by atoms with van der Waals surface area (Å²) >= 11 is 6.96.